The summed E-state index contributed by atoms with van der Waals surface area (Å²) in [5.41, 5.74) is 0. The van der Waals surface area contributed by atoms with Crippen LogP contribution in [0, 0.1) is 11.8 Å². The summed E-state index contributed by atoms with van der Waals surface area (Å²) in [5.74, 6) is -0.624. The molecule has 0 spiro atoms. The minimum Gasteiger partial charge on any atom is -0.462 e. The number of rotatable bonds is 83. The van der Waals surface area contributed by atoms with Crippen LogP contribution in [0.1, 0.15) is 446 Å². The molecule has 0 radical (unpaired) electrons. The van der Waals surface area contributed by atoms with Gasteiger partial charge < -0.3 is 33.8 Å². The topological polar surface area (TPSA) is 237 Å². The van der Waals surface area contributed by atoms with Gasteiger partial charge in [0, 0.05) is 25.7 Å². The average molecular weight is 1510 g/mol. The number of unbranched alkanes of at least 4 members (excludes halogenated alkanes) is 53. The number of aliphatic hydroxyl groups excluding tert-OH is 1. The number of esters is 4. The second kappa shape index (κ2) is 75.5. The van der Waals surface area contributed by atoms with Crippen LogP contribution in [0.5, 0.6) is 0 Å². The molecule has 19 heteroatoms. The van der Waals surface area contributed by atoms with Crippen molar-refractivity contribution in [3.05, 3.63) is 0 Å². The molecule has 0 rings (SSSR count). The van der Waals surface area contributed by atoms with Gasteiger partial charge in [-0.15, -0.1) is 0 Å². The van der Waals surface area contributed by atoms with E-state index in [-0.39, 0.29) is 25.7 Å². The summed E-state index contributed by atoms with van der Waals surface area (Å²) in [4.78, 5) is 73.1. The number of ether oxygens (including phenoxy) is 4. The summed E-state index contributed by atoms with van der Waals surface area (Å²) < 4.78 is 68.8. The first-order valence-electron chi connectivity index (χ1n) is 43.5. The van der Waals surface area contributed by atoms with E-state index in [0.29, 0.717) is 31.6 Å². The molecular weight excluding hydrogens is 1340 g/mol. The number of hydrogen-bond donors (Lipinski definition) is 3. The second-order valence-electron chi connectivity index (χ2n) is 31.2. The zero-order valence-electron chi connectivity index (χ0n) is 67.6. The van der Waals surface area contributed by atoms with Crippen LogP contribution in [0.3, 0.4) is 0 Å². The van der Waals surface area contributed by atoms with Crippen molar-refractivity contribution in [1.82, 2.24) is 0 Å². The molecule has 0 aliphatic rings. The highest BCUT2D eigenvalue weighted by Gasteiger charge is 2.30. The fourth-order valence-electron chi connectivity index (χ4n) is 13.1. The molecule has 0 heterocycles. The number of carbonyl (C=O) groups is 4. The Morgan fingerprint density at radius 2 is 0.447 bits per heavy atom. The van der Waals surface area contributed by atoms with Gasteiger partial charge in [0.1, 0.15) is 19.3 Å². The first kappa shape index (κ1) is 101. The Bertz CT molecular complexity index is 1980. The first-order chi connectivity index (χ1) is 49.9. The molecular formula is C84H164O17P2. The molecule has 0 aliphatic heterocycles. The van der Waals surface area contributed by atoms with Crippen LogP contribution in [0.4, 0.5) is 0 Å². The van der Waals surface area contributed by atoms with Crippen LogP contribution in [-0.2, 0) is 65.4 Å². The van der Waals surface area contributed by atoms with Crippen molar-refractivity contribution >= 4 is 39.5 Å². The van der Waals surface area contributed by atoms with Gasteiger partial charge in [-0.3, -0.25) is 37.3 Å². The molecule has 0 amide bonds. The fourth-order valence-corrected chi connectivity index (χ4v) is 14.6. The molecule has 0 saturated heterocycles. The van der Waals surface area contributed by atoms with Crippen molar-refractivity contribution in [3.8, 4) is 0 Å². The third-order valence-electron chi connectivity index (χ3n) is 19.7. The van der Waals surface area contributed by atoms with Gasteiger partial charge >= 0.3 is 39.5 Å². The van der Waals surface area contributed by atoms with Gasteiger partial charge in [0.15, 0.2) is 12.2 Å². The predicted octanol–water partition coefficient (Wildman–Crippen LogP) is 25.5. The summed E-state index contributed by atoms with van der Waals surface area (Å²) in [6.07, 6.45) is 66.8. The highest BCUT2D eigenvalue weighted by atomic mass is 31.2. The lowest BCUT2D eigenvalue weighted by Crippen LogP contribution is -2.30. The maximum absolute atomic E-state index is 13.1. The second-order valence-corrected chi connectivity index (χ2v) is 34.1. The van der Waals surface area contributed by atoms with Crippen LogP contribution in [0.15, 0.2) is 0 Å². The molecule has 103 heavy (non-hydrogen) atoms. The fraction of sp³-hybridized carbons (Fsp3) is 0.952. The van der Waals surface area contributed by atoms with Crippen LogP contribution < -0.4 is 0 Å². The molecule has 0 aromatic heterocycles. The van der Waals surface area contributed by atoms with E-state index in [0.717, 1.165) is 102 Å². The lowest BCUT2D eigenvalue weighted by Gasteiger charge is -2.21. The molecule has 3 N–H and O–H groups in total. The summed E-state index contributed by atoms with van der Waals surface area (Å²) in [7, 11) is -9.92. The van der Waals surface area contributed by atoms with E-state index in [1.54, 1.807) is 0 Å². The minimum absolute atomic E-state index is 0.108. The van der Waals surface area contributed by atoms with Crippen LogP contribution in [0.25, 0.3) is 0 Å². The molecule has 5 atom stereocenters. The Balaban J connectivity index is 5.21. The van der Waals surface area contributed by atoms with E-state index in [1.807, 2.05) is 0 Å². The van der Waals surface area contributed by atoms with E-state index in [1.165, 1.54) is 257 Å². The lowest BCUT2D eigenvalue weighted by atomic mass is 10.0. The Hall–Kier alpha value is -1.94. The normalized spacial score (nSPS) is 13.9. The third-order valence-corrected chi connectivity index (χ3v) is 21.6. The van der Waals surface area contributed by atoms with Gasteiger partial charge in [-0.05, 0) is 37.5 Å². The summed E-state index contributed by atoms with van der Waals surface area (Å²) in [6.45, 7) is 9.61. The van der Waals surface area contributed by atoms with Crippen molar-refractivity contribution < 1.29 is 80.2 Å². The monoisotopic (exact) mass is 1510 g/mol. The van der Waals surface area contributed by atoms with Gasteiger partial charge in [-0.25, -0.2) is 9.13 Å². The van der Waals surface area contributed by atoms with Gasteiger partial charge in [0.05, 0.1) is 26.4 Å². The Labute approximate surface area is 632 Å². The zero-order chi connectivity index (χ0) is 75.6. The minimum atomic E-state index is -4.96. The number of hydrogen-bond acceptors (Lipinski definition) is 15. The molecule has 0 fully saturated rings. The lowest BCUT2D eigenvalue weighted by molar-refractivity contribution is -0.161. The predicted molar refractivity (Wildman–Crippen MR) is 423 cm³/mol. The molecule has 17 nitrogen and oxygen atoms in total. The van der Waals surface area contributed by atoms with Crippen molar-refractivity contribution in [2.75, 3.05) is 39.6 Å². The van der Waals surface area contributed by atoms with Gasteiger partial charge in [0.2, 0.25) is 0 Å². The van der Waals surface area contributed by atoms with E-state index in [4.69, 9.17) is 37.0 Å². The molecule has 612 valence electrons. The molecule has 0 aromatic rings. The number of phosphoric acid groups is 2. The van der Waals surface area contributed by atoms with E-state index in [2.05, 4.69) is 41.5 Å². The smallest absolute Gasteiger partial charge is 0.462 e. The summed E-state index contributed by atoms with van der Waals surface area (Å²) in [6, 6.07) is 0. The SMILES string of the molecule is CCCCCCCCCCCCCCCCCCCCC(=O)OC[C@H](COP(=O)(O)OC[C@@H](O)COP(=O)(O)OC[C@@H](COC(=O)CCCCCCCCC(C)C)OC(=O)CCCCCCCCCCCCCCCCCCCC)OC(=O)CCCCCCCCCCCCCCCCCC(C)C. The zero-order valence-corrected chi connectivity index (χ0v) is 69.4. The Morgan fingerprint density at radius 1 is 0.262 bits per heavy atom. The highest BCUT2D eigenvalue weighted by molar-refractivity contribution is 7.47. The average Bonchev–Trinajstić information content (AvgIpc) is 0.912. The highest BCUT2D eigenvalue weighted by Crippen LogP contribution is 2.45. The molecule has 0 aromatic carbocycles. The van der Waals surface area contributed by atoms with Crippen molar-refractivity contribution in [2.24, 2.45) is 11.8 Å². The summed E-state index contributed by atoms with van der Waals surface area (Å²) >= 11 is 0. The largest absolute Gasteiger partial charge is 0.472 e. The van der Waals surface area contributed by atoms with Gasteiger partial charge in [-0.1, -0.05) is 395 Å². The Morgan fingerprint density at radius 3 is 0.660 bits per heavy atom. The molecule has 0 aliphatic carbocycles. The third kappa shape index (κ3) is 78.0. The maximum Gasteiger partial charge on any atom is 0.472 e. The van der Waals surface area contributed by atoms with Crippen LogP contribution in [0.2, 0.25) is 0 Å². The van der Waals surface area contributed by atoms with Gasteiger partial charge in [0.25, 0.3) is 0 Å². The van der Waals surface area contributed by atoms with Crippen molar-refractivity contribution in [1.29, 1.82) is 0 Å². The standard InChI is InChI=1S/C84H164O17P2/c1-7-9-11-13-15-17-19-21-23-25-27-31-35-39-43-47-54-60-66-81(86)94-72-79(100-83(88)68-63-57-49-45-41-37-33-29-30-34-38-42-46-52-58-64-76(3)4)74-98-102(90,91)96-70-78(85)71-97-103(92,93)99-75-80(73-95-82(87)67-61-55-51-50-53-59-65-77(5)6)101-84(89)69-62-56-48-44-40-36-32-28-26-24-22-20-18-16-14-12-10-8-2/h76-80,85H,7-75H2,1-6H3,(H,90,91)(H,92,93)/t78-,79-,80-/m1/s1. The molecule has 0 saturated carbocycles. The number of carbonyl (C=O) groups excluding carboxylic acids is 4. The number of phosphoric ester groups is 2. The molecule has 0 bridgehead atoms. The Kier molecular flexibility index (Phi) is 74.1. The van der Waals surface area contributed by atoms with Crippen molar-refractivity contribution in [3.63, 3.8) is 0 Å². The van der Waals surface area contributed by atoms with Gasteiger partial charge in [-0.2, -0.15) is 0 Å². The van der Waals surface area contributed by atoms with Crippen LogP contribution in [-0.4, -0.2) is 96.7 Å². The first-order valence-corrected chi connectivity index (χ1v) is 46.5. The van der Waals surface area contributed by atoms with Crippen molar-refractivity contribution in [2.45, 2.75) is 464 Å². The van der Waals surface area contributed by atoms with E-state index in [9.17, 15) is 43.2 Å². The quantitative estimate of drug-likeness (QED) is 0.0222. The maximum atomic E-state index is 13.1. The van der Waals surface area contributed by atoms with E-state index >= 15 is 0 Å². The molecule has 2 unspecified atom stereocenters. The van der Waals surface area contributed by atoms with Crippen LogP contribution >= 0.6 is 15.6 Å². The summed E-state index contributed by atoms with van der Waals surface area (Å²) in [5, 5.41) is 10.7. The number of aliphatic hydroxyl groups is 1. The van der Waals surface area contributed by atoms with E-state index < -0.39 is 97.5 Å².